The topological polar surface area (TPSA) is 21.7 Å². The van der Waals surface area contributed by atoms with E-state index in [0.29, 0.717) is 13.2 Å². The molecule has 86 valence electrons. The summed E-state index contributed by atoms with van der Waals surface area (Å²) in [7, 11) is 1.69. The van der Waals surface area contributed by atoms with Gasteiger partial charge in [0, 0.05) is 26.8 Å². The van der Waals surface area contributed by atoms with Gasteiger partial charge in [-0.15, -0.1) is 0 Å². The Bertz CT molecular complexity index is 257. The summed E-state index contributed by atoms with van der Waals surface area (Å²) in [5.41, 5.74) is 0.737. The molecule has 2 aliphatic rings. The number of hydrogen-bond acceptors (Lipinski definition) is 3. The Kier molecular flexibility index (Phi) is 3.38. The first-order valence-electron chi connectivity index (χ1n) is 5.40. The lowest BCUT2D eigenvalue weighted by Crippen LogP contribution is -2.50. The molecule has 0 amide bonds. The van der Waals surface area contributed by atoms with Crippen LogP contribution in [0.3, 0.4) is 0 Å². The number of methoxy groups -OCH3 is 1. The number of hydrogen-bond donors (Lipinski definition) is 0. The lowest BCUT2D eigenvalue weighted by atomic mass is 9.97. The van der Waals surface area contributed by atoms with Crippen molar-refractivity contribution in [2.75, 3.05) is 40.0 Å². The molecule has 2 saturated heterocycles. The number of ether oxygens (including phenoxy) is 2. The van der Waals surface area contributed by atoms with Gasteiger partial charge in [-0.3, -0.25) is 4.90 Å². The molecule has 2 rings (SSSR count). The van der Waals surface area contributed by atoms with Crippen LogP contribution in [0.5, 0.6) is 0 Å². The maximum Gasteiger partial charge on any atom is 0.0872 e. The molecule has 0 aromatic rings. The molecule has 0 saturated carbocycles. The van der Waals surface area contributed by atoms with E-state index < -0.39 is 0 Å². The summed E-state index contributed by atoms with van der Waals surface area (Å²) < 4.78 is 23.4. The maximum atomic E-state index is 12.6. The molecule has 0 spiro atoms. The molecule has 0 aromatic heterocycles. The Balaban J connectivity index is 2.17. The van der Waals surface area contributed by atoms with Crippen LogP contribution in [0.2, 0.25) is 0 Å². The third-order valence-corrected chi connectivity index (χ3v) is 3.28. The predicted molar refractivity (Wildman–Crippen MR) is 55.4 cm³/mol. The Morgan fingerprint density at radius 3 is 3.27 bits per heavy atom. The van der Waals surface area contributed by atoms with Gasteiger partial charge in [-0.1, -0.05) is 0 Å². The van der Waals surface area contributed by atoms with E-state index >= 15 is 0 Å². The van der Waals surface area contributed by atoms with Crippen molar-refractivity contribution < 1.29 is 13.9 Å². The summed E-state index contributed by atoms with van der Waals surface area (Å²) in [5.74, 6) is 0. The smallest absolute Gasteiger partial charge is 0.0872 e. The van der Waals surface area contributed by atoms with E-state index in [9.17, 15) is 4.39 Å². The molecule has 1 atom stereocenters. The van der Waals surface area contributed by atoms with Gasteiger partial charge in [0.15, 0.2) is 0 Å². The fourth-order valence-corrected chi connectivity index (χ4v) is 2.61. The van der Waals surface area contributed by atoms with Gasteiger partial charge in [-0.25, -0.2) is 4.39 Å². The van der Waals surface area contributed by atoms with E-state index in [2.05, 4.69) is 4.90 Å². The number of rotatable bonds is 2. The molecule has 2 aliphatic heterocycles. The molecule has 2 fully saturated rings. The van der Waals surface area contributed by atoms with Crippen LogP contribution in [0.25, 0.3) is 0 Å². The van der Waals surface area contributed by atoms with Crippen LogP contribution in [-0.4, -0.2) is 50.5 Å². The molecule has 1 unspecified atom stereocenters. The Labute approximate surface area is 89.8 Å². The van der Waals surface area contributed by atoms with Crippen LogP contribution >= 0.6 is 0 Å². The Morgan fingerprint density at radius 1 is 1.67 bits per heavy atom. The molecule has 0 N–H and O–H groups in total. The van der Waals surface area contributed by atoms with Gasteiger partial charge >= 0.3 is 0 Å². The zero-order valence-corrected chi connectivity index (χ0v) is 9.17. The maximum absolute atomic E-state index is 12.6. The SMILES string of the molecule is COCC12COCCCN1C/C(=C\F)C2. The largest absolute Gasteiger partial charge is 0.383 e. The Morgan fingerprint density at radius 2 is 2.53 bits per heavy atom. The Hall–Kier alpha value is -0.450. The second kappa shape index (κ2) is 4.60. The van der Waals surface area contributed by atoms with E-state index in [4.69, 9.17) is 9.47 Å². The van der Waals surface area contributed by atoms with Crippen molar-refractivity contribution >= 4 is 0 Å². The highest BCUT2D eigenvalue weighted by Gasteiger charge is 2.44. The zero-order chi connectivity index (χ0) is 10.7. The summed E-state index contributed by atoms with van der Waals surface area (Å²) in [6.45, 7) is 3.77. The molecular weight excluding hydrogens is 197 g/mol. The van der Waals surface area contributed by atoms with Crippen molar-refractivity contribution in [2.24, 2.45) is 0 Å². The summed E-state index contributed by atoms with van der Waals surface area (Å²) in [5, 5.41) is 0. The third kappa shape index (κ3) is 2.07. The first kappa shape index (κ1) is 11.0. The van der Waals surface area contributed by atoms with Crippen molar-refractivity contribution in [3.05, 3.63) is 11.9 Å². The molecule has 3 nitrogen and oxygen atoms in total. The van der Waals surface area contributed by atoms with Gasteiger partial charge in [0.2, 0.25) is 0 Å². The molecule has 0 aliphatic carbocycles. The third-order valence-electron chi connectivity index (χ3n) is 3.28. The highest BCUT2D eigenvalue weighted by atomic mass is 19.1. The molecule has 2 heterocycles. The summed E-state index contributed by atoms with van der Waals surface area (Å²) in [6, 6.07) is 0. The van der Waals surface area contributed by atoms with Gasteiger partial charge in [0.25, 0.3) is 0 Å². The minimum absolute atomic E-state index is 0.122. The minimum atomic E-state index is -0.122. The average Bonchev–Trinajstić information content (AvgIpc) is 2.47. The van der Waals surface area contributed by atoms with Gasteiger partial charge < -0.3 is 9.47 Å². The summed E-state index contributed by atoms with van der Waals surface area (Å²) in [6.07, 6.45) is 2.49. The number of nitrogens with zero attached hydrogens (tertiary/aromatic N) is 1. The van der Waals surface area contributed by atoms with Gasteiger partial charge in [0.05, 0.1) is 25.1 Å². The lowest BCUT2D eigenvalue weighted by molar-refractivity contribution is -0.00506. The lowest BCUT2D eigenvalue weighted by Gasteiger charge is -2.35. The second-order valence-electron chi connectivity index (χ2n) is 4.43. The second-order valence-corrected chi connectivity index (χ2v) is 4.43. The average molecular weight is 215 g/mol. The van der Waals surface area contributed by atoms with E-state index in [1.54, 1.807) is 7.11 Å². The van der Waals surface area contributed by atoms with Crippen LogP contribution < -0.4 is 0 Å². The standard InChI is InChI=1S/C11H18FNO2/c1-14-8-11-5-10(6-12)7-13(11)3-2-4-15-9-11/h6H,2-5,7-9H2,1H3/b10-6-. The van der Waals surface area contributed by atoms with Gasteiger partial charge in [-0.2, -0.15) is 0 Å². The molecular formula is C11H18FNO2. The van der Waals surface area contributed by atoms with E-state index in [1.165, 1.54) is 0 Å². The van der Waals surface area contributed by atoms with Crippen LogP contribution in [0.1, 0.15) is 12.8 Å². The van der Waals surface area contributed by atoms with Gasteiger partial charge in [0.1, 0.15) is 0 Å². The first-order chi connectivity index (χ1) is 7.30. The van der Waals surface area contributed by atoms with Crippen LogP contribution in [0, 0.1) is 0 Å². The van der Waals surface area contributed by atoms with Crippen LogP contribution in [0.4, 0.5) is 4.39 Å². The molecule has 0 radical (unpaired) electrons. The molecule has 4 heteroatoms. The van der Waals surface area contributed by atoms with Crippen LogP contribution in [0.15, 0.2) is 11.9 Å². The van der Waals surface area contributed by atoms with E-state index in [1.807, 2.05) is 0 Å². The number of halogens is 1. The highest BCUT2D eigenvalue weighted by Crippen LogP contribution is 2.35. The molecule has 15 heavy (non-hydrogen) atoms. The van der Waals surface area contributed by atoms with Crippen molar-refractivity contribution in [1.29, 1.82) is 0 Å². The quantitative estimate of drug-likeness (QED) is 0.694. The molecule has 0 aromatic carbocycles. The monoisotopic (exact) mass is 215 g/mol. The van der Waals surface area contributed by atoms with Crippen molar-refractivity contribution in [3.63, 3.8) is 0 Å². The normalized spacial score (nSPS) is 35.5. The fourth-order valence-electron chi connectivity index (χ4n) is 2.61. The van der Waals surface area contributed by atoms with E-state index in [-0.39, 0.29) is 5.54 Å². The van der Waals surface area contributed by atoms with Crippen molar-refractivity contribution in [3.8, 4) is 0 Å². The van der Waals surface area contributed by atoms with Crippen LogP contribution in [-0.2, 0) is 9.47 Å². The predicted octanol–water partition coefficient (Wildman–Crippen LogP) is 1.35. The molecule has 0 bridgehead atoms. The van der Waals surface area contributed by atoms with Gasteiger partial charge in [-0.05, 0) is 18.4 Å². The van der Waals surface area contributed by atoms with Crippen molar-refractivity contribution in [2.45, 2.75) is 18.4 Å². The summed E-state index contributed by atoms with van der Waals surface area (Å²) in [4.78, 5) is 2.30. The zero-order valence-electron chi connectivity index (χ0n) is 9.17. The van der Waals surface area contributed by atoms with Crippen molar-refractivity contribution in [1.82, 2.24) is 4.90 Å². The minimum Gasteiger partial charge on any atom is -0.383 e. The van der Waals surface area contributed by atoms with E-state index in [0.717, 1.165) is 44.4 Å². The number of fused-ring (bicyclic) bond motifs is 1. The first-order valence-corrected chi connectivity index (χ1v) is 5.40. The summed E-state index contributed by atoms with van der Waals surface area (Å²) >= 11 is 0. The fraction of sp³-hybridized carbons (Fsp3) is 0.818. The highest BCUT2D eigenvalue weighted by molar-refractivity contribution is 5.17.